The van der Waals surface area contributed by atoms with E-state index in [1.54, 1.807) is 30.1 Å². The van der Waals surface area contributed by atoms with E-state index in [2.05, 4.69) is 35.5 Å². The molecule has 10 nitrogen and oxygen atoms in total. The van der Waals surface area contributed by atoms with Crippen LogP contribution in [-0.4, -0.2) is 40.7 Å². The third-order valence-corrected chi connectivity index (χ3v) is 5.98. The second-order valence-electron chi connectivity index (χ2n) is 10.0. The lowest BCUT2D eigenvalue weighted by Gasteiger charge is -2.13. The van der Waals surface area contributed by atoms with Gasteiger partial charge in [-0.25, -0.2) is 14.4 Å². The highest BCUT2D eigenvalue weighted by Crippen LogP contribution is 2.45. The molecule has 0 amide bonds. The number of carbonyl (C=O) groups excluding carboxylic acids is 1. The van der Waals surface area contributed by atoms with Crippen LogP contribution in [-0.2, 0) is 18.9 Å². The molecule has 1 N–H and O–H groups in total. The highest BCUT2D eigenvalue weighted by molar-refractivity contribution is 5.91. The van der Waals surface area contributed by atoms with Crippen LogP contribution in [0.3, 0.4) is 0 Å². The van der Waals surface area contributed by atoms with E-state index in [1.807, 2.05) is 26.8 Å². The molecule has 0 radical (unpaired) electrons. The van der Waals surface area contributed by atoms with Crippen molar-refractivity contribution in [3.05, 3.63) is 59.4 Å². The molecule has 11 heteroatoms. The zero-order valence-electron chi connectivity index (χ0n) is 20.6. The summed E-state index contributed by atoms with van der Waals surface area (Å²) in [5, 5.41) is 11.2. The van der Waals surface area contributed by atoms with Crippen molar-refractivity contribution in [1.29, 1.82) is 0 Å². The first-order chi connectivity index (χ1) is 17.2. The summed E-state index contributed by atoms with van der Waals surface area (Å²) in [4.78, 5) is 29.6. The van der Waals surface area contributed by atoms with Crippen molar-refractivity contribution in [2.24, 2.45) is 7.05 Å². The van der Waals surface area contributed by atoms with Crippen molar-refractivity contribution in [3.63, 3.8) is 0 Å². The van der Waals surface area contributed by atoms with Crippen LogP contribution in [0.4, 0.5) is 16.2 Å². The van der Waals surface area contributed by atoms with Gasteiger partial charge in [0, 0.05) is 31.1 Å². The molecule has 3 aromatic heterocycles. The number of Topliss-reactive ketones (excluding diaryl/α,β-unsaturated/α-hetero) is 1. The van der Waals surface area contributed by atoms with Gasteiger partial charge < -0.3 is 9.84 Å². The first kappa shape index (κ1) is 23.7. The standard InChI is InChI=1S/C25H27FN8O2/c1-25(2,3)23-31-22(36-33-23)17(35)10-8-15-7-9-16(20(26)19(15)14-5-6-14)21-27-13-28-24(30-21)29-18-11-12-34(4)32-18/h7,9,11-14H,5-6,8,10H2,1-4H3,(H,27,28,29,30,32). The molecule has 5 rings (SSSR count). The topological polar surface area (TPSA) is 125 Å². The number of rotatable bonds is 8. The quantitative estimate of drug-likeness (QED) is 0.355. The van der Waals surface area contributed by atoms with Gasteiger partial charge in [0.2, 0.25) is 11.7 Å². The fourth-order valence-electron chi connectivity index (χ4n) is 3.92. The van der Waals surface area contributed by atoms with Crippen LogP contribution in [0.25, 0.3) is 11.4 Å². The van der Waals surface area contributed by atoms with Gasteiger partial charge in [0.1, 0.15) is 12.1 Å². The SMILES string of the molecule is Cn1ccc(Nc2ncnc(-c3ccc(CCC(=O)c4nc(C(C)(C)C)no4)c(C4CC4)c3F)n2)n1. The Bertz CT molecular complexity index is 1420. The smallest absolute Gasteiger partial charge is 0.294 e. The number of hydrogen-bond acceptors (Lipinski definition) is 9. The molecule has 0 aliphatic heterocycles. The van der Waals surface area contributed by atoms with Crippen LogP contribution in [0.15, 0.2) is 35.2 Å². The van der Waals surface area contributed by atoms with Crippen LogP contribution < -0.4 is 5.32 Å². The molecule has 1 aromatic carbocycles. The van der Waals surface area contributed by atoms with Gasteiger partial charge in [0.15, 0.2) is 17.5 Å². The Hall–Kier alpha value is -4.02. The van der Waals surface area contributed by atoms with E-state index < -0.39 is 0 Å². The Morgan fingerprint density at radius 3 is 2.67 bits per heavy atom. The summed E-state index contributed by atoms with van der Waals surface area (Å²) in [5.41, 5.74) is 1.40. The van der Waals surface area contributed by atoms with Crippen molar-refractivity contribution < 1.29 is 13.7 Å². The molecule has 3 heterocycles. The first-order valence-corrected chi connectivity index (χ1v) is 11.8. The van der Waals surface area contributed by atoms with Gasteiger partial charge in [-0.15, -0.1) is 0 Å². The molecule has 1 aliphatic rings. The van der Waals surface area contributed by atoms with Crippen LogP contribution in [0, 0.1) is 5.82 Å². The van der Waals surface area contributed by atoms with Gasteiger partial charge in [-0.2, -0.15) is 15.1 Å². The Labute approximate surface area is 207 Å². The molecule has 0 unspecified atom stereocenters. The van der Waals surface area contributed by atoms with Crippen molar-refractivity contribution in [2.75, 3.05) is 5.32 Å². The summed E-state index contributed by atoms with van der Waals surface area (Å²) < 4.78 is 22.6. The number of carbonyl (C=O) groups is 1. The van der Waals surface area contributed by atoms with E-state index in [0.29, 0.717) is 29.2 Å². The summed E-state index contributed by atoms with van der Waals surface area (Å²) in [5.74, 6) is 1.05. The van der Waals surface area contributed by atoms with Gasteiger partial charge in [-0.3, -0.25) is 9.48 Å². The summed E-state index contributed by atoms with van der Waals surface area (Å²) in [6, 6.07) is 5.29. The summed E-state index contributed by atoms with van der Waals surface area (Å²) in [6.07, 6.45) is 5.46. The van der Waals surface area contributed by atoms with E-state index in [-0.39, 0.29) is 47.0 Å². The van der Waals surface area contributed by atoms with E-state index >= 15 is 4.39 Å². The third-order valence-electron chi connectivity index (χ3n) is 5.98. The highest BCUT2D eigenvalue weighted by Gasteiger charge is 2.31. The predicted octanol–water partition coefficient (Wildman–Crippen LogP) is 4.53. The number of halogens is 1. The maximum absolute atomic E-state index is 15.8. The number of nitrogens with one attached hydrogen (secondary N) is 1. The van der Waals surface area contributed by atoms with Crippen LogP contribution in [0.5, 0.6) is 0 Å². The normalized spacial score (nSPS) is 13.7. The molecule has 1 saturated carbocycles. The van der Waals surface area contributed by atoms with Crippen molar-refractivity contribution in [1.82, 2.24) is 34.9 Å². The van der Waals surface area contributed by atoms with E-state index in [0.717, 1.165) is 18.4 Å². The Morgan fingerprint density at radius 2 is 2.00 bits per heavy atom. The average Bonchev–Trinajstić information content (AvgIpc) is 3.37. The molecule has 0 bridgehead atoms. The van der Waals surface area contributed by atoms with Gasteiger partial charge in [-0.1, -0.05) is 32.0 Å². The molecule has 0 saturated heterocycles. The summed E-state index contributed by atoms with van der Waals surface area (Å²) in [6.45, 7) is 5.84. The Morgan fingerprint density at radius 1 is 1.19 bits per heavy atom. The van der Waals surface area contributed by atoms with Crippen LogP contribution >= 0.6 is 0 Å². The number of aryl methyl sites for hydroxylation is 2. The molecule has 0 spiro atoms. The summed E-state index contributed by atoms with van der Waals surface area (Å²) in [7, 11) is 1.80. The lowest BCUT2D eigenvalue weighted by atomic mass is 9.94. The molecule has 0 atom stereocenters. The average molecular weight is 491 g/mol. The van der Waals surface area contributed by atoms with Crippen LogP contribution in [0.1, 0.15) is 73.6 Å². The fourth-order valence-corrected chi connectivity index (χ4v) is 3.92. The largest absolute Gasteiger partial charge is 0.331 e. The molecular formula is C25H27FN8O2. The van der Waals surface area contributed by atoms with Crippen molar-refractivity contribution in [2.45, 2.75) is 57.8 Å². The van der Waals surface area contributed by atoms with E-state index in [9.17, 15) is 4.79 Å². The maximum Gasteiger partial charge on any atom is 0.294 e. The number of hydrogen-bond donors (Lipinski definition) is 1. The fraction of sp³-hybridized carbons (Fsp3) is 0.400. The lowest BCUT2D eigenvalue weighted by molar-refractivity contribution is 0.0940. The molecule has 4 aromatic rings. The number of ketones is 1. The maximum atomic E-state index is 15.8. The van der Waals surface area contributed by atoms with Gasteiger partial charge in [-0.05, 0) is 42.4 Å². The Balaban J connectivity index is 1.36. The minimum atomic E-state index is -0.356. The van der Waals surface area contributed by atoms with Crippen molar-refractivity contribution >= 4 is 17.5 Å². The van der Waals surface area contributed by atoms with Crippen LogP contribution in [0.2, 0.25) is 0 Å². The number of benzene rings is 1. The number of nitrogens with zero attached hydrogens (tertiary/aromatic N) is 7. The highest BCUT2D eigenvalue weighted by atomic mass is 19.1. The monoisotopic (exact) mass is 490 g/mol. The zero-order valence-corrected chi connectivity index (χ0v) is 20.6. The summed E-state index contributed by atoms with van der Waals surface area (Å²) >= 11 is 0. The molecule has 36 heavy (non-hydrogen) atoms. The second kappa shape index (κ2) is 9.21. The van der Waals surface area contributed by atoms with E-state index in [4.69, 9.17) is 4.52 Å². The van der Waals surface area contributed by atoms with Gasteiger partial charge in [0.05, 0.1) is 5.56 Å². The lowest BCUT2D eigenvalue weighted by Crippen LogP contribution is -2.13. The molecular weight excluding hydrogens is 463 g/mol. The predicted molar refractivity (Wildman–Crippen MR) is 129 cm³/mol. The minimum absolute atomic E-state index is 0.0110. The second-order valence-corrected chi connectivity index (χ2v) is 10.0. The first-order valence-electron chi connectivity index (χ1n) is 11.8. The van der Waals surface area contributed by atoms with Gasteiger partial charge in [0.25, 0.3) is 5.89 Å². The Kier molecular flexibility index (Phi) is 6.07. The van der Waals surface area contributed by atoms with Crippen molar-refractivity contribution in [3.8, 4) is 11.4 Å². The number of aromatic nitrogens is 7. The molecule has 1 aliphatic carbocycles. The zero-order chi connectivity index (χ0) is 25.4. The van der Waals surface area contributed by atoms with E-state index in [1.165, 1.54) is 6.33 Å². The van der Waals surface area contributed by atoms with Gasteiger partial charge >= 0.3 is 0 Å². The molecule has 186 valence electrons. The third kappa shape index (κ3) is 5.00. The number of anilines is 2. The minimum Gasteiger partial charge on any atom is -0.331 e. The molecule has 1 fully saturated rings.